The summed E-state index contributed by atoms with van der Waals surface area (Å²) in [6.45, 7) is 9.26. The fraction of sp³-hybridized carbons (Fsp3) is 0.867. The zero-order valence-corrected chi connectivity index (χ0v) is 13.8. The van der Waals surface area contributed by atoms with Crippen LogP contribution in [-0.4, -0.2) is 55.3 Å². The lowest BCUT2D eigenvalue weighted by molar-refractivity contribution is -0.132. The number of carbonyl (C=O) groups excluding carboxylic acids is 2. The van der Waals surface area contributed by atoms with Crippen LogP contribution in [0.15, 0.2) is 0 Å². The minimum Gasteiger partial charge on any atom is -0.444 e. The molecule has 1 atom stereocenters. The highest BCUT2D eigenvalue weighted by atomic mass is 16.6. The van der Waals surface area contributed by atoms with E-state index in [0.29, 0.717) is 12.5 Å². The van der Waals surface area contributed by atoms with Gasteiger partial charge in [-0.3, -0.25) is 4.79 Å². The molecule has 6 nitrogen and oxygen atoms in total. The summed E-state index contributed by atoms with van der Waals surface area (Å²) in [4.78, 5) is 25.6. The third-order valence-corrected chi connectivity index (χ3v) is 3.35. The molecule has 0 aliphatic carbocycles. The summed E-state index contributed by atoms with van der Waals surface area (Å²) in [5.41, 5.74) is -0.569. The zero-order valence-electron chi connectivity index (χ0n) is 13.8. The topological polar surface area (TPSA) is 67.9 Å². The van der Waals surface area contributed by atoms with Gasteiger partial charge in [0.1, 0.15) is 11.6 Å². The predicted molar refractivity (Wildman–Crippen MR) is 80.0 cm³/mol. The van der Waals surface area contributed by atoms with E-state index >= 15 is 0 Å². The van der Waals surface area contributed by atoms with Crippen LogP contribution in [0.1, 0.15) is 40.5 Å². The number of carbonyl (C=O) groups is 2. The van der Waals surface area contributed by atoms with E-state index in [0.717, 1.165) is 26.1 Å². The Kier molecular flexibility index (Phi) is 6.45. The Hall–Kier alpha value is -1.30. The molecule has 1 aliphatic rings. The van der Waals surface area contributed by atoms with Crippen LogP contribution in [0.3, 0.4) is 0 Å². The van der Waals surface area contributed by atoms with Gasteiger partial charge in [-0.15, -0.1) is 0 Å². The van der Waals surface area contributed by atoms with E-state index in [9.17, 15) is 9.59 Å². The quantitative estimate of drug-likeness (QED) is 0.859. The van der Waals surface area contributed by atoms with Crippen LogP contribution in [0.4, 0.5) is 4.79 Å². The normalized spacial score (nSPS) is 18.0. The molecule has 0 radical (unpaired) electrons. The first-order valence-electron chi connectivity index (χ1n) is 7.51. The van der Waals surface area contributed by atoms with Gasteiger partial charge in [-0.2, -0.15) is 0 Å². The average molecular weight is 300 g/mol. The second kappa shape index (κ2) is 7.64. The standard InChI is InChI=1S/C15H28N2O4/c1-11(16-14(19)21-15(2,3)4)13(18)17(5)10-12-6-8-20-9-7-12/h11-12H,6-10H2,1-5H3,(H,16,19). The Morgan fingerprint density at radius 2 is 1.90 bits per heavy atom. The molecule has 6 heteroatoms. The molecule has 0 aromatic rings. The number of alkyl carbamates (subject to hydrolysis) is 1. The molecule has 1 unspecified atom stereocenters. The minimum absolute atomic E-state index is 0.104. The first-order chi connectivity index (χ1) is 9.69. The van der Waals surface area contributed by atoms with E-state index in [-0.39, 0.29) is 5.91 Å². The van der Waals surface area contributed by atoms with E-state index in [2.05, 4.69) is 5.32 Å². The Morgan fingerprint density at radius 3 is 2.43 bits per heavy atom. The molecule has 1 aliphatic heterocycles. The van der Waals surface area contributed by atoms with Crippen molar-refractivity contribution in [2.24, 2.45) is 5.92 Å². The lowest BCUT2D eigenvalue weighted by Gasteiger charge is -2.29. The van der Waals surface area contributed by atoms with Gasteiger partial charge in [-0.25, -0.2) is 4.79 Å². The van der Waals surface area contributed by atoms with E-state index in [1.807, 2.05) is 0 Å². The molecule has 1 N–H and O–H groups in total. The van der Waals surface area contributed by atoms with E-state index in [1.165, 1.54) is 0 Å². The molecule has 0 spiro atoms. The van der Waals surface area contributed by atoms with Gasteiger partial charge < -0.3 is 19.7 Å². The van der Waals surface area contributed by atoms with Crippen LogP contribution < -0.4 is 5.32 Å². The second-order valence-electron chi connectivity index (χ2n) is 6.64. The Balaban J connectivity index is 2.39. The largest absolute Gasteiger partial charge is 0.444 e. The third kappa shape index (κ3) is 6.80. The monoisotopic (exact) mass is 300 g/mol. The molecular formula is C15H28N2O4. The van der Waals surface area contributed by atoms with Crippen molar-refractivity contribution in [3.05, 3.63) is 0 Å². The maximum atomic E-state index is 12.2. The van der Waals surface area contributed by atoms with Crippen molar-refractivity contribution in [2.45, 2.75) is 52.2 Å². The molecule has 1 heterocycles. The summed E-state index contributed by atoms with van der Waals surface area (Å²) in [5.74, 6) is 0.369. The van der Waals surface area contributed by atoms with Crippen molar-refractivity contribution in [1.29, 1.82) is 0 Å². The number of rotatable bonds is 4. The van der Waals surface area contributed by atoms with Crippen molar-refractivity contribution in [3.63, 3.8) is 0 Å². The number of amides is 2. The molecule has 21 heavy (non-hydrogen) atoms. The Labute approximate surface area is 127 Å². The lowest BCUT2D eigenvalue weighted by atomic mass is 10.00. The van der Waals surface area contributed by atoms with Gasteiger partial charge >= 0.3 is 6.09 Å². The summed E-state index contributed by atoms with van der Waals surface area (Å²) in [5, 5.41) is 2.58. The van der Waals surface area contributed by atoms with Crippen molar-refractivity contribution in [3.8, 4) is 0 Å². The molecule has 1 saturated heterocycles. The number of hydrogen-bond donors (Lipinski definition) is 1. The van der Waals surface area contributed by atoms with E-state index in [4.69, 9.17) is 9.47 Å². The van der Waals surface area contributed by atoms with Crippen molar-refractivity contribution >= 4 is 12.0 Å². The van der Waals surface area contributed by atoms with E-state index in [1.54, 1.807) is 39.6 Å². The van der Waals surface area contributed by atoms with Crippen LogP contribution >= 0.6 is 0 Å². The molecule has 1 rings (SSSR count). The highest BCUT2D eigenvalue weighted by molar-refractivity contribution is 5.85. The third-order valence-electron chi connectivity index (χ3n) is 3.35. The molecule has 0 aromatic carbocycles. The fourth-order valence-corrected chi connectivity index (χ4v) is 2.28. The van der Waals surface area contributed by atoms with Gasteiger partial charge in [0, 0.05) is 26.8 Å². The average Bonchev–Trinajstić information content (AvgIpc) is 2.36. The van der Waals surface area contributed by atoms with Crippen LogP contribution in [0.5, 0.6) is 0 Å². The van der Waals surface area contributed by atoms with Crippen molar-refractivity contribution < 1.29 is 19.1 Å². The summed E-state index contributed by atoms with van der Waals surface area (Å²) >= 11 is 0. The number of likely N-dealkylation sites (N-methyl/N-ethyl adjacent to an activating group) is 1. The summed E-state index contributed by atoms with van der Waals surface area (Å²) in [7, 11) is 1.77. The molecule has 1 fully saturated rings. The Bertz CT molecular complexity index is 359. The van der Waals surface area contributed by atoms with Gasteiger partial charge in [0.15, 0.2) is 0 Å². The molecule has 0 bridgehead atoms. The number of ether oxygens (including phenoxy) is 2. The predicted octanol–water partition coefficient (Wildman–Crippen LogP) is 1.78. The van der Waals surface area contributed by atoms with E-state index < -0.39 is 17.7 Å². The highest BCUT2D eigenvalue weighted by Gasteiger charge is 2.25. The number of hydrogen-bond acceptors (Lipinski definition) is 4. The highest BCUT2D eigenvalue weighted by Crippen LogP contribution is 2.16. The fourth-order valence-electron chi connectivity index (χ4n) is 2.28. The molecular weight excluding hydrogens is 272 g/mol. The molecule has 0 saturated carbocycles. The molecule has 122 valence electrons. The summed E-state index contributed by atoms with van der Waals surface area (Å²) in [6, 6.07) is -0.593. The first kappa shape index (κ1) is 17.8. The Morgan fingerprint density at radius 1 is 1.33 bits per heavy atom. The maximum Gasteiger partial charge on any atom is 0.408 e. The van der Waals surface area contributed by atoms with Gasteiger partial charge in [0.25, 0.3) is 0 Å². The van der Waals surface area contributed by atoms with Crippen LogP contribution in [0, 0.1) is 5.92 Å². The first-order valence-corrected chi connectivity index (χ1v) is 7.51. The molecule has 0 aromatic heterocycles. The summed E-state index contributed by atoms with van der Waals surface area (Å²) in [6.07, 6.45) is 1.39. The zero-order chi connectivity index (χ0) is 16.0. The minimum atomic E-state index is -0.593. The lowest BCUT2D eigenvalue weighted by Crippen LogP contribution is -2.48. The van der Waals surface area contributed by atoms with Crippen molar-refractivity contribution in [1.82, 2.24) is 10.2 Å². The van der Waals surface area contributed by atoms with Gasteiger partial charge in [-0.1, -0.05) is 0 Å². The number of nitrogens with one attached hydrogen (secondary N) is 1. The molecule has 2 amide bonds. The number of nitrogens with zero attached hydrogens (tertiary/aromatic N) is 1. The van der Waals surface area contributed by atoms with Gasteiger partial charge in [0.05, 0.1) is 0 Å². The van der Waals surface area contributed by atoms with Gasteiger partial charge in [-0.05, 0) is 46.5 Å². The SMILES string of the molecule is CC(NC(=O)OC(C)(C)C)C(=O)N(C)CC1CCOCC1. The summed E-state index contributed by atoms with van der Waals surface area (Å²) < 4.78 is 10.5. The van der Waals surface area contributed by atoms with Crippen LogP contribution in [-0.2, 0) is 14.3 Å². The van der Waals surface area contributed by atoms with Gasteiger partial charge in [0.2, 0.25) is 5.91 Å². The van der Waals surface area contributed by atoms with Crippen LogP contribution in [0.2, 0.25) is 0 Å². The maximum absolute atomic E-state index is 12.2. The van der Waals surface area contributed by atoms with Crippen molar-refractivity contribution in [2.75, 3.05) is 26.8 Å². The smallest absolute Gasteiger partial charge is 0.408 e. The second-order valence-corrected chi connectivity index (χ2v) is 6.64. The van der Waals surface area contributed by atoms with Crippen LogP contribution in [0.25, 0.3) is 0 Å².